The average molecular weight is 548 g/mol. The summed E-state index contributed by atoms with van der Waals surface area (Å²) in [6.45, 7) is 0.666. The molecule has 8 rings (SSSR count). The summed E-state index contributed by atoms with van der Waals surface area (Å²) in [5.41, 5.74) is 5.52. The van der Waals surface area contributed by atoms with Gasteiger partial charge < -0.3 is 0 Å². The number of pyridine rings is 3. The first kappa shape index (κ1) is 24.4. The largest absolute Gasteiger partial charge is 0.254 e. The van der Waals surface area contributed by atoms with E-state index in [0.29, 0.717) is 6.67 Å². The number of hydrogen-bond acceptors (Lipinski definition) is 3. The van der Waals surface area contributed by atoms with E-state index in [1.165, 1.54) is 16.5 Å². The normalized spacial score (nSPS) is 14.9. The fraction of sp³-hybridized carbons (Fsp3) is 0.114. The fourth-order valence-corrected chi connectivity index (χ4v) is 5.82. The predicted molar refractivity (Wildman–Crippen MR) is 164 cm³/mol. The van der Waals surface area contributed by atoms with Gasteiger partial charge in [0, 0.05) is 34.5 Å². The molecule has 0 bridgehead atoms. The van der Waals surface area contributed by atoms with Crippen molar-refractivity contribution >= 4 is 38.8 Å². The molecule has 7 heteroatoms. The molecule has 5 heterocycles. The van der Waals surface area contributed by atoms with E-state index in [9.17, 15) is 0 Å². The number of rotatable bonds is 4. The minimum absolute atomic E-state index is 0.666. The number of imidazole rings is 2. The van der Waals surface area contributed by atoms with Gasteiger partial charge in [-0.25, -0.2) is 9.97 Å². The number of nitrogens with zero attached hydrogens (tertiary/aromatic N) is 7. The molecule has 0 atom stereocenters. The molecule has 0 saturated carbocycles. The number of fused-ring (bicyclic) bond motifs is 6. The maximum Gasteiger partial charge on any atom is 0.253 e. The van der Waals surface area contributed by atoms with E-state index in [1.807, 2.05) is 29.1 Å². The van der Waals surface area contributed by atoms with Crippen molar-refractivity contribution in [3.63, 3.8) is 0 Å². The molecule has 7 aromatic rings. The van der Waals surface area contributed by atoms with Crippen LogP contribution < -0.4 is 9.13 Å². The van der Waals surface area contributed by atoms with Crippen molar-refractivity contribution in [1.82, 2.24) is 24.1 Å². The SMILES string of the molecule is C1=C\c2ccc3ccc(-n4cc[n+](C[n+]5ccn(-c6ccc7ccc8cccnc8c7n6)c5)c4)nc3c2CCC/C=C/1. The van der Waals surface area contributed by atoms with Crippen LogP contribution >= 0.6 is 0 Å². The summed E-state index contributed by atoms with van der Waals surface area (Å²) in [6.07, 6.45) is 26.2. The van der Waals surface area contributed by atoms with E-state index < -0.39 is 0 Å². The van der Waals surface area contributed by atoms with Crippen LogP contribution in [0.5, 0.6) is 0 Å². The lowest BCUT2D eigenvalue weighted by Crippen LogP contribution is -2.49. The molecule has 0 saturated heterocycles. The van der Waals surface area contributed by atoms with Crippen LogP contribution in [0, 0.1) is 0 Å². The van der Waals surface area contributed by atoms with E-state index in [-0.39, 0.29) is 0 Å². The highest BCUT2D eigenvalue weighted by atomic mass is 15.2. The van der Waals surface area contributed by atoms with Gasteiger partial charge in [-0.1, -0.05) is 54.6 Å². The first-order valence-corrected chi connectivity index (χ1v) is 14.3. The zero-order valence-electron chi connectivity index (χ0n) is 23.1. The van der Waals surface area contributed by atoms with Crippen LogP contribution in [0.4, 0.5) is 0 Å². The molecule has 202 valence electrons. The van der Waals surface area contributed by atoms with Gasteiger partial charge in [-0.15, -0.1) is 0 Å². The molecular formula is C35H29N7+2. The number of benzene rings is 2. The minimum atomic E-state index is 0.666. The van der Waals surface area contributed by atoms with Crippen LogP contribution in [-0.2, 0) is 13.1 Å². The van der Waals surface area contributed by atoms with Crippen molar-refractivity contribution in [1.29, 1.82) is 0 Å². The fourth-order valence-electron chi connectivity index (χ4n) is 5.82. The Bertz CT molecular complexity index is 2170. The quantitative estimate of drug-likeness (QED) is 0.204. The van der Waals surface area contributed by atoms with Gasteiger partial charge in [0.15, 0.2) is 0 Å². The number of aryl methyl sites for hydroxylation is 1. The second-order valence-electron chi connectivity index (χ2n) is 10.7. The highest BCUT2D eigenvalue weighted by molar-refractivity contribution is 6.02. The van der Waals surface area contributed by atoms with Gasteiger partial charge in [0.1, 0.15) is 30.3 Å². The Morgan fingerprint density at radius 2 is 1.36 bits per heavy atom. The lowest BCUT2D eigenvalue weighted by Gasteiger charge is -2.10. The standard InChI is InChI=1S/C35H29N7/c1-2-4-7-26-10-11-28-14-16-31(37-33(28)30(26)9-5-3-1)41-21-19-39(24-41)23-40-20-22-42(25-40)32-17-15-29-13-12-27-8-6-18-36-34(27)35(29)38-32/h1-2,4,6-8,10-22,24-25H,3,5,9,23H2/q+2/b2-1+,7-4-. The molecule has 0 amide bonds. The molecule has 0 aliphatic heterocycles. The molecule has 0 radical (unpaired) electrons. The maximum absolute atomic E-state index is 5.14. The van der Waals surface area contributed by atoms with Gasteiger partial charge in [-0.2, -0.15) is 18.3 Å². The van der Waals surface area contributed by atoms with Crippen molar-refractivity contribution in [2.75, 3.05) is 0 Å². The van der Waals surface area contributed by atoms with Crippen LogP contribution in [-0.4, -0.2) is 24.1 Å². The number of allylic oxidation sites excluding steroid dienone is 3. The molecule has 5 aromatic heterocycles. The second kappa shape index (κ2) is 10.2. The molecule has 2 aromatic carbocycles. The van der Waals surface area contributed by atoms with Crippen LogP contribution in [0.3, 0.4) is 0 Å². The average Bonchev–Trinajstić information content (AvgIpc) is 3.72. The Balaban J connectivity index is 1.07. The molecular weight excluding hydrogens is 518 g/mol. The van der Waals surface area contributed by atoms with Crippen LogP contribution in [0.1, 0.15) is 24.0 Å². The topological polar surface area (TPSA) is 56.3 Å². The van der Waals surface area contributed by atoms with Crippen molar-refractivity contribution in [2.45, 2.75) is 25.9 Å². The molecule has 0 unspecified atom stereocenters. The highest BCUT2D eigenvalue weighted by Gasteiger charge is 2.16. The summed E-state index contributed by atoms with van der Waals surface area (Å²) in [4.78, 5) is 14.7. The maximum atomic E-state index is 5.14. The van der Waals surface area contributed by atoms with Gasteiger partial charge in [-0.05, 0) is 48.6 Å². The summed E-state index contributed by atoms with van der Waals surface area (Å²) in [6, 6.07) is 21.1. The Hall–Kier alpha value is -5.43. The Morgan fingerprint density at radius 3 is 2.14 bits per heavy atom. The number of hydrogen-bond donors (Lipinski definition) is 0. The third kappa shape index (κ3) is 4.45. The van der Waals surface area contributed by atoms with Crippen molar-refractivity contribution in [3.8, 4) is 11.6 Å². The minimum Gasteiger partial charge on any atom is -0.254 e. The Labute approximate surface area is 243 Å². The van der Waals surface area contributed by atoms with Crippen molar-refractivity contribution < 1.29 is 9.13 Å². The van der Waals surface area contributed by atoms with Gasteiger partial charge in [0.25, 0.3) is 12.7 Å². The summed E-state index contributed by atoms with van der Waals surface area (Å²) in [5, 5.41) is 3.36. The monoisotopic (exact) mass is 547 g/mol. The molecule has 0 N–H and O–H groups in total. The van der Waals surface area contributed by atoms with Crippen molar-refractivity contribution in [3.05, 3.63) is 134 Å². The lowest BCUT2D eigenvalue weighted by molar-refractivity contribution is -0.912. The van der Waals surface area contributed by atoms with Gasteiger partial charge in [0.05, 0.1) is 11.0 Å². The smallest absolute Gasteiger partial charge is 0.253 e. The molecule has 7 nitrogen and oxygen atoms in total. The summed E-state index contributed by atoms with van der Waals surface area (Å²) < 4.78 is 8.42. The zero-order chi connectivity index (χ0) is 27.9. The van der Waals surface area contributed by atoms with E-state index in [2.05, 4.69) is 123 Å². The molecule has 1 aliphatic rings. The van der Waals surface area contributed by atoms with Crippen LogP contribution in [0.25, 0.3) is 50.4 Å². The zero-order valence-corrected chi connectivity index (χ0v) is 23.1. The van der Waals surface area contributed by atoms with E-state index in [1.54, 1.807) is 0 Å². The molecule has 0 fully saturated rings. The Kier molecular flexibility index (Phi) is 5.92. The Morgan fingerprint density at radius 1 is 0.690 bits per heavy atom. The van der Waals surface area contributed by atoms with Gasteiger partial charge in [-0.3, -0.25) is 4.98 Å². The number of aromatic nitrogens is 7. The second-order valence-corrected chi connectivity index (χ2v) is 10.7. The third-order valence-corrected chi connectivity index (χ3v) is 7.97. The van der Waals surface area contributed by atoms with E-state index >= 15 is 0 Å². The predicted octanol–water partition coefficient (Wildman–Crippen LogP) is 5.90. The van der Waals surface area contributed by atoms with Crippen molar-refractivity contribution in [2.24, 2.45) is 0 Å². The first-order valence-electron chi connectivity index (χ1n) is 14.3. The summed E-state index contributed by atoms with van der Waals surface area (Å²) in [5.74, 6) is 1.78. The third-order valence-electron chi connectivity index (χ3n) is 7.97. The molecule has 42 heavy (non-hydrogen) atoms. The molecule has 1 aliphatic carbocycles. The van der Waals surface area contributed by atoms with Crippen LogP contribution in [0.2, 0.25) is 0 Å². The molecule has 0 spiro atoms. The lowest BCUT2D eigenvalue weighted by atomic mass is 9.98. The van der Waals surface area contributed by atoms with E-state index in [4.69, 9.17) is 9.97 Å². The first-order chi connectivity index (χ1) is 20.8. The van der Waals surface area contributed by atoms with E-state index in [0.717, 1.165) is 58.2 Å². The van der Waals surface area contributed by atoms with Crippen LogP contribution in [0.15, 0.2) is 123 Å². The summed E-state index contributed by atoms with van der Waals surface area (Å²) in [7, 11) is 0. The van der Waals surface area contributed by atoms with Gasteiger partial charge in [0.2, 0.25) is 18.3 Å². The summed E-state index contributed by atoms with van der Waals surface area (Å²) >= 11 is 0. The highest BCUT2D eigenvalue weighted by Crippen LogP contribution is 2.26. The van der Waals surface area contributed by atoms with Gasteiger partial charge >= 0.3 is 0 Å².